The number of amides is 2. The number of nitrogens with zero attached hydrogens (tertiary/aromatic N) is 2. The van der Waals surface area contributed by atoms with Gasteiger partial charge in [0.1, 0.15) is 5.75 Å². The van der Waals surface area contributed by atoms with Crippen LogP contribution in [0.5, 0.6) is 5.75 Å². The van der Waals surface area contributed by atoms with Crippen LogP contribution in [0.3, 0.4) is 0 Å². The third-order valence-electron chi connectivity index (χ3n) is 4.34. The van der Waals surface area contributed by atoms with Gasteiger partial charge in [-0.3, -0.25) is 9.69 Å². The number of benzene rings is 1. The highest BCUT2D eigenvalue weighted by molar-refractivity contribution is 5.97. The molecule has 1 heterocycles. The molecule has 6 nitrogen and oxygen atoms in total. The van der Waals surface area contributed by atoms with Gasteiger partial charge in [0.2, 0.25) is 0 Å². The molecule has 2 fully saturated rings. The summed E-state index contributed by atoms with van der Waals surface area (Å²) >= 11 is 0. The zero-order valence-electron chi connectivity index (χ0n) is 13.5. The molecule has 2 aliphatic rings. The van der Waals surface area contributed by atoms with Gasteiger partial charge in [-0.05, 0) is 37.1 Å². The molecule has 0 radical (unpaired) electrons. The third kappa shape index (κ3) is 4.22. The Balaban J connectivity index is 1.45. The van der Waals surface area contributed by atoms with E-state index in [1.165, 1.54) is 0 Å². The predicted molar refractivity (Wildman–Crippen MR) is 86.9 cm³/mol. The minimum Gasteiger partial charge on any atom is -0.497 e. The standard InChI is InChI=1S/C17H23N3O3/c1-23-15-6-2-13(3-7-15)16(21)12-19-8-10-20(11-9-19)17(22)18-14-4-5-14/h2-3,6-7,14H,4-5,8-12H2,1H3,(H,18,22). The lowest BCUT2D eigenvalue weighted by atomic mass is 10.1. The fraction of sp³-hybridized carbons (Fsp3) is 0.529. The molecule has 0 spiro atoms. The van der Waals surface area contributed by atoms with Crippen LogP contribution < -0.4 is 10.1 Å². The van der Waals surface area contributed by atoms with Gasteiger partial charge in [0.25, 0.3) is 0 Å². The van der Waals surface area contributed by atoms with Gasteiger partial charge in [0, 0.05) is 37.8 Å². The molecular weight excluding hydrogens is 294 g/mol. The third-order valence-corrected chi connectivity index (χ3v) is 4.34. The first-order chi connectivity index (χ1) is 11.2. The summed E-state index contributed by atoms with van der Waals surface area (Å²) < 4.78 is 5.10. The number of urea groups is 1. The Labute approximate surface area is 136 Å². The summed E-state index contributed by atoms with van der Waals surface area (Å²) in [6, 6.07) is 7.60. The van der Waals surface area contributed by atoms with Crippen molar-refractivity contribution in [2.75, 3.05) is 39.8 Å². The zero-order chi connectivity index (χ0) is 16.2. The highest BCUT2D eigenvalue weighted by atomic mass is 16.5. The number of rotatable bonds is 5. The second-order valence-corrected chi connectivity index (χ2v) is 6.14. The molecule has 0 unspecified atom stereocenters. The molecule has 0 bridgehead atoms. The molecule has 0 atom stereocenters. The Kier molecular flexibility index (Phi) is 4.81. The van der Waals surface area contributed by atoms with Crippen molar-refractivity contribution in [1.82, 2.24) is 15.1 Å². The van der Waals surface area contributed by atoms with E-state index in [1.807, 2.05) is 4.90 Å². The van der Waals surface area contributed by atoms with E-state index in [9.17, 15) is 9.59 Å². The van der Waals surface area contributed by atoms with E-state index < -0.39 is 0 Å². The Hall–Kier alpha value is -2.08. The van der Waals surface area contributed by atoms with Crippen molar-refractivity contribution in [3.63, 3.8) is 0 Å². The number of ketones is 1. The van der Waals surface area contributed by atoms with E-state index >= 15 is 0 Å². The summed E-state index contributed by atoms with van der Waals surface area (Å²) in [5.41, 5.74) is 0.694. The van der Waals surface area contributed by atoms with Crippen molar-refractivity contribution in [3.05, 3.63) is 29.8 Å². The Morgan fingerprint density at radius 3 is 2.35 bits per heavy atom. The van der Waals surface area contributed by atoms with Gasteiger partial charge in [-0.1, -0.05) is 0 Å². The molecule has 1 aliphatic carbocycles. The lowest BCUT2D eigenvalue weighted by molar-refractivity contribution is 0.0878. The SMILES string of the molecule is COc1ccc(C(=O)CN2CCN(C(=O)NC3CC3)CC2)cc1. The van der Waals surface area contributed by atoms with Crippen molar-refractivity contribution in [1.29, 1.82) is 0 Å². The van der Waals surface area contributed by atoms with Gasteiger partial charge >= 0.3 is 6.03 Å². The highest BCUT2D eigenvalue weighted by Gasteiger charge is 2.28. The number of carbonyl (C=O) groups excluding carboxylic acids is 2. The van der Waals surface area contributed by atoms with Crippen molar-refractivity contribution in [2.45, 2.75) is 18.9 Å². The Morgan fingerprint density at radius 2 is 1.78 bits per heavy atom. The van der Waals surface area contributed by atoms with E-state index in [0.717, 1.165) is 31.7 Å². The molecule has 1 saturated heterocycles. The van der Waals surface area contributed by atoms with Crippen molar-refractivity contribution >= 4 is 11.8 Å². The summed E-state index contributed by atoms with van der Waals surface area (Å²) in [5.74, 6) is 0.848. The monoisotopic (exact) mass is 317 g/mol. The highest BCUT2D eigenvalue weighted by Crippen LogP contribution is 2.19. The predicted octanol–water partition coefficient (Wildman–Crippen LogP) is 1.37. The van der Waals surface area contributed by atoms with Gasteiger partial charge < -0.3 is 15.0 Å². The number of Topliss-reactive ketones (excluding diaryl/α,β-unsaturated/α-hetero) is 1. The van der Waals surface area contributed by atoms with Crippen LogP contribution in [0.4, 0.5) is 4.79 Å². The molecule has 3 rings (SSSR count). The van der Waals surface area contributed by atoms with Crippen LogP contribution in [0.15, 0.2) is 24.3 Å². The van der Waals surface area contributed by atoms with Crippen LogP contribution in [0.25, 0.3) is 0 Å². The van der Waals surface area contributed by atoms with E-state index in [0.29, 0.717) is 31.2 Å². The number of piperazine rings is 1. The minimum atomic E-state index is 0.0358. The van der Waals surface area contributed by atoms with Gasteiger partial charge in [0.15, 0.2) is 5.78 Å². The second kappa shape index (κ2) is 7.00. The summed E-state index contributed by atoms with van der Waals surface area (Å²) in [6.45, 7) is 3.22. The lowest BCUT2D eigenvalue weighted by Gasteiger charge is -2.34. The molecule has 0 aromatic heterocycles. The maximum Gasteiger partial charge on any atom is 0.317 e. The first kappa shape index (κ1) is 15.8. The van der Waals surface area contributed by atoms with Gasteiger partial charge in [-0.2, -0.15) is 0 Å². The number of ether oxygens (including phenoxy) is 1. The zero-order valence-corrected chi connectivity index (χ0v) is 13.5. The molecule has 23 heavy (non-hydrogen) atoms. The number of carbonyl (C=O) groups is 2. The van der Waals surface area contributed by atoms with E-state index in [2.05, 4.69) is 10.2 Å². The molecule has 1 saturated carbocycles. The average molecular weight is 317 g/mol. The summed E-state index contributed by atoms with van der Waals surface area (Å²) in [6.07, 6.45) is 2.20. The first-order valence-electron chi connectivity index (χ1n) is 8.11. The smallest absolute Gasteiger partial charge is 0.317 e. The largest absolute Gasteiger partial charge is 0.497 e. The van der Waals surface area contributed by atoms with Crippen LogP contribution in [-0.4, -0.2) is 67.5 Å². The fourth-order valence-electron chi connectivity index (χ4n) is 2.67. The number of hydrogen-bond donors (Lipinski definition) is 1. The normalized spacial score (nSPS) is 18.6. The summed E-state index contributed by atoms with van der Waals surface area (Å²) in [5, 5.41) is 3.01. The first-order valence-corrected chi connectivity index (χ1v) is 8.11. The molecule has 1 aromatic rings. The maximum absolute atomic E-state index is 12.3. The van der Waals surface area contributed by atoms with Gasteiger partial charge in [-0.15, -0.1) is 0 Å². The van der Waals surface area contributed by atoms with Crippen LogP contribution in [0.2, 0.25) is 0 Å². The number of methoxy groups -OCH3 is 1. The molecular formula is C17H23N3O3. The average Bonchev–Trinajstić information content (AvgIpc) is 3.39. The van der Waals surface area contributed by atoms with Crippen LogP contribution in [0.1, 0.15) is 23.2 Å². The van der Waals surface area contributed by atoms with Crippen molar-refractivity contribution < 1.29 is 14.3 Å². The molecule has 1 aliphatic heterocycles. The van der Waals surface area contributed by atoms with E-state index in [1.54, 1.807) is 31.4 Å². The molecule has 1 N–H and O–H groups in total. The van der Waals surface area contributed by atoms with E-state index in [-0.39, 0.29) is 11.8 Å². The van der Waals surface area contributed by atoms with Crippen LogP contribution in [0, 0.1) is 0 Å². The van der Waals surface area contributed by atoms with Crippen molar-refractivity contribution in [3.8, 4) is 5.75 Å². The van der Waals surface area contributed by atoms with Crippen molar-refractivity contribution in [2.24, 2.45) is 0 Å². The summed E-state index contributed by atoms with van der Waals surface area (Å²) in [7, 11) is 1.61. The van der Waals surface area contributed by atoms with Gasteiger partial charge in [0.05, 0.1) is 13.7 Å². The molecule has 1 aromatic carbocycles. The number of nitrogens with one attached hydrogen (secondary N) is 1. The minimum absolute atomic E-state index is 0.0358. The van der Waals surface area contributed by atoms with Gasteiger partial charge in [-0.25, -0.2) is 4.79 Å². The topological polar surface area (TPSA) is 61.9 Å². The molecule has 6 heteroatoms. The quantitative estimate of drug-likeness (QED) is 0.833. The van der Waals surface area contributed by atoms with E-state index in [4.69, 9.17) is 4.74 Å². The molecule has 124 valence electrons. The fourth-order valence-corrected chi connectivity index (χ4v) is 2.67. The molecule has 2 amide bonds. The number of hydrogen-bond acceptors (Lipinski definition) is 4. The lowest BCUT2D eigenvalue weighted by Crippen LogP contribution is -2.52. The second-order valence-electron chi connectivity index (χ2n) is 6.14. The Morgan fingerprint density at radius 1 is 1.13 bits per heavy atom. The van der Waals surface area contributed by atoms with Crippen LogP contribution >= 0.6 is 0 Å². The summed E-state index contributed by atoms with van der Waals surface area (Å²) in [4.78, 5) is 28.2. The maximum atomic E-state index is 12.3. The van der Waals surface area contributed by atoms with Crippen LogP contribution in [-0.2, 0) is 0 Å². The Bertz CT molecular complexity index is 561.